The van der Waals surface area contributed by atoms with E-state index in [0.29, 0.717) is 61.5 Å². The van der Waals surface area contributed by atoms with Crippen molar-refractivity contribution in [3.63, 3.8) is 0 Å². The zero-order valence-corrected chi connectivity index (χ0v) is 21.9. The number of amides is 1. The smallest absolute Gasteiger partial charge is 0.306 e. The molecule has 0 spiro atoms. The topological polar surface area (TPSA) is 127 Å². The van der Waals surface area contributed by atoms with Crippen molar-refractivity contribution in [2.75, 3.05) is 31.6 Å². The van der Waals surface area contributed by atoms with E-state index >= 15 is 0 Å². The standard InChI is InChI=1S/C27H30ClN5O5/c1-29-24(34)15-38-23-12-19-10-17(4-5-22(19)33(25(23)35)14-16-2-3-16)11-21-20(28)13-30-27(31-21)32-8-6-18(7-9-32)26(36)37/h4-5,10,12-13,16,18H,2-3,6-9,11,14-15H2,1H3,(H,29,34)(H,36,37). The molecule has 1 saturated carbocycles. The number of ether oxygens (including phenoxy) is 1. The van der Waals surface area contributed by atoms with Gasteiger partial charge in [0.2, 0.25) is 5.95 Å². The molecule has 0 bridgehead atoms. The Balaban J connectivity index is 1.42. The molecule has 1 saturated heterocycles. The van der Waals surface area contributed by atoms with Gasteiger partial charge in [-0.1, -0.05) is 17.7 Å². The summed E-state index contributed by atoms with van der Waals surface area (Å²) in [6, 6.07) is 7.57. The van der Waals surface area contributed by atoms with Gasteiger partial charge in [-0.05, 0) is 55.4 Å². The first-order valence-corrected chi connectivity index (χ1v) is 13.2. The van der Waals surface area contributed by atoms with E-state index in [9.17, 15) is 19.5 Å². The highest BCUT2D eigenvalue weighted by Gasteiger charge is 2.26. The second-order valence-corrected chi connectivity index (χ2v) is 10.4. The third-order valence-corrected chi connectivity index (χ3v) is 7.52. The Morgan fingerprint density at radius 3 is 2.63 bits per heavy atom. The maximum Gasteiger partial charge on any atom is 0.306 e. The third-order valence-electron chi connectivity index (χ3n) is 7.20. The molecule has 10 nitrogen and oxygen atoms in total. The Hall–Kier alpha value is -3.66. The van der Waals surface area contributed by atoms with Crippen LogP contribution in [0.4, 0.5) is 5.95 Å². The number of nitrogens with zero attached hydrogens (tertiary/aromatic N) is 4. The molecule has 38 heavy (non-hydrogen) atoms. The number of carbonyl (C=O) groups excluding carboxylic acids is 1. The highest BCUT2D eigenvalue weighted by atomic mass is 35.5. The van der Waals surface area contributed by atoms with Crippen LogP contribution in [0.5, 0.6) is 5.75 Å². The van der Waals surface area contributed by atoms with E-state index in [1.165, 1.54) is 7.05 Å². The first-order valence-electron chi connectivity index (χ1n) is 12.8. The minimum absolute atomic E-state index is 0.144. The normalized spacial score (nSPS) is 16.0. The molecule has 3 aromatic rings. The number of rotatable bonds is 9. The molecular weight excluding hydrogens is 510 g/mol. The minimum atomic E-state index is -0.761. The van der Waals surface area contributed by atoms with Gasteiger partial charge in [0.25, 0.3) is 11.5 Å². The second-order valence-electron chi connectivity index (χ2n) is 9.96. The van der Waals surface area contributed by atoms with Crippen molar-refractivity contribution in [2.45, 2.75) is 38.6 Å². The van der Waals surface area contributed by atoms with E-state index < -0.39 is 5.97 Å². The minimum Gasteiger partial charge on any atom is -0.481 e. The number of piperidine rings is 1. The highest BCUT2D eigenvalue weighted by molar-refractivity contribution is 6.31. The van der Waals surface area contributed by atoms with Crippen LogP contribution >= 0.6 is 11.6 Å². The fourth-order valence-corrected chi connectivity index (χ4v) is 4.93. The van der Waals surface area contributed by atoms with Gasteiger partial charge >= 0.3 is 5.97 Å². The molecule has 3 heterocycles. The number of aromatic nitrogens is 3. The lowest BCUT2D eigenvalue weighted by Crippen LogP contribution is -2.37. The summed E-state index contributed by atoms with van der Waals surface area (Å²) >= 11 is 6.46. The Labute approximate surface area is 224 Å². The molecule has 1 aliphatic heterocycles. The molecule has 5 rings (SSSR count). The Kier molecular flexibility index (Phi) is 7.51. The number of carboxylic acids is 1. The number of pyridine rings is 1. The van der Waals surface area contributed by atoms with Gasteiger partial charge < -0.3 is 24.6 Å². The molecule has 200 valence electrons. The summed E-state index contributed by atoms with van der Waals surface area (Å²) in [5, 5.41) is 13.0. The van der Waals surface area contributed by atoms with Crippen molar-refractivity contribution in [3.05, 3.63) is 57.1 Å². The summed E-state index contributed by atoms with van der Waals surface area (Å²) in [6.45, 7) is 1.53. The van der Waals surface area contributed by atoms with Crippen molar-refractivity contribution in [1.29, 1.82) is 0 Å². The predicted octanol–water partition coefficient (Wildman–Crippen LogP) is 2.87. The number of benzene rings is 1. The Morgan fingerprint density at radius 1 is 1.18 bits per heavy atom. The molecule has 2 aliphatic rings. The van der Waals surface area contributed by atoms with Crippen LogP contribution in [0.15, 0.2) is 35.3 Å². The van der Waals surface area contributed by atoms with Crippen LogP contribution in [-0.2, 0) is 22.6 Å². The number of anilines is 1. The van der Waals surface area contributed by atoms with E-state index in [4.69, 9.17) is 21.3 Å². The number of fused-ring (bicyclic) bond motifs is 1. The average Bonchev–Trinajstić information content (AvgIpc) is 3.74. The molecule has 2 aromatic heterocycles. The van der Waals surface area contributed by atoms with Gasteiger partial charge in [-0.25, -0.2) is 9.97 Å². The number of likely N-dealkylation sites (N-methyl/N-ethyl adjacent to an activating group) is 1. The van der Waals surface area contributed by atoms with E-state index in [1.807, 2.05) is 23.1 Å². The average molecular weight is 540 g/mol. The van der Waals surface area contributed by atoms with Gasteiger partial charge in [-0.15, -0.1) is 0 Å². The molecule has 0 radical (unpaired) electrons. The van der Waals surface area contributed by atoms with Gasteiger partial charge in [0, 0.05) is 38.5 Å². The first-order chi connectivity index (χ1) is 18.3. The lowest BCUT2D eigenvalue weighted by atomic mass is 9.97. The molecule has 2 N–H and O–H groups in total. The quantitative estimate of drug-likeness (QED) is 0.425. The number of aliphatic carboxylic acids is 1. The Bertz CT molecular complexity index is 1430. The molecule has 0 atom stereocenters. The van der Waals surface area contributed by atoms with Crippen molar-refractivity contribution in [1.82, 2.24) is 19.9 Å². The van der Waals surface area contributed by atoms with Crippen LogP contribution in [0.25, 0.3) is 10.9 Å². The van der Waals surface area contributed by atoms with Crippen molar-refractivity contribution in [3.8, 4) is 5.75 Å². The van der Waals surface area contributed by atoms with Crippen molar-refractivity contribution < 1.29 is 19.4 Å². The fraction of sp³-hybridized carbons (Fsp3) is 0.444. The fourth-order valence-electron chi connectivity index (χ4n) is 4.77. The van der Waals surface area contributed by atoms with Crippen LogP contribution in [-0.4, -0.2) is 58.3 Å². The third kappa shape index (κ3) is 5.75. The summed E-state index contributed by atoms with van der Waals surface area (Å²) in [4.78, 5) is 47.2. The highest BCUT2D eigenvalue weighted by Crippen LogP contribution is 2.32. The predicted molar refractivity (Wildman–Crippen MR) is 143 cm³/mol. The van der Waals surface area contributed by atoms with E-state index in [2.05, 4.69) is 10.3 Å². The van der Waals surface area contributed by atoms with Crippen LogP contribution in [0.2, 0.25) is 5.02 Å². The summed E-state index contributed by atoms with van der Waals surface area (Å²) < 4.78 is 7.34. The largest absolute Gasteiger partial charge is 0.481 e. The zero-order chi connectivity index (χ0) is 26.8. The van der Waals surface area contributed by atoms with Gasteiger partial charge in [-0.2, -0.15) is 0 Å². The molecule has 1 aromatic carbocycles. The number of carboxylic acid groups (broad SMARTS) is 1. The second kappa shape index (κ2) is 11.0. The zero-order valence-electron chi connectivity index (χ0n) is 21.2. The number of halogens is 1. The summed E-state index contributed by atoms with van der Waals surface area (Å²) in [6.07, 6.45) is 5.33. The summed E-state index contributed by atoms with van der Waals surface area (Å²) in [7, 11) is 1.52. The van der Waals surface area contributed by atoms with E-state index in [0.717, 1.165) is 29.3 Å². The Morgan fingerprint density at radius 2 is 1.95 bits per heavy atom. The SMILES string of the molecule is CNC(=O)COc1cc2cc(Cc3nc(N4CCC(C(=O)O)CC4)ncc3Cl)ccc2n(CC2CC2)c1=O. The van der Waals surface area contributed by atoms with Gasteiger partial charge in [0.1, 0.15) is 0 Å². The van der Waals surface area contributed by atoms with Crippen LogP contribution in [0, 0.1) is 11.8 Å². The molecule has 0 unspecified atom stereocenters. The van der Waals surface area contributed by atoms with E-state index in [-0.39, 0.29) is 29.7 Å². The van der Waals surface area contributed by atoms with Gasteiger partial charge in [-0.3, -0.25) is 14.4 Å². The van der Waals surface area contributed by atoms with Crippen LogP contribution in [0.1, 0.15) is 36.9 Å². The number of carbonyl (C=O) groups is 2. The number of nitrogens with one attached hydrogen (secondary N) is 1. The summed E-state index contributed by atoms with van der Waals surface area (Å²) in [5.41, 5.74) is 2.19. The number of hydrogen-bond donors (Lipinski definition) is 2. The molecule has 2 fully saturated rings. The molecule has 1 aliphatic carbocycles. The first kappa shape index (κ1) is 26.0. The van der Waals surface area contributed by atoms with Gasteiger partial charge in [0.05, 0.1) is 28.3 Å². The molecular formula is C27H30ClN5O5. The maximum absolute atomic E-state index is 13.1. The monoisotopic (exact) mass is 539 g/mol. The van der Waals surface area contributed by atoms with Crippen LogP contribution < -0.4 is 20.5 Å². The summed E-state index contributed by atoms with van der Waals surface area (Å²) in [5.74, 6) is -0.248. The van der Waals surface area contributed by atoms with Crippen molar-refractivity contribution >= 4 is 40.3 Å². The lowest BCUT2D eigenvalue weighted by molar-refractivity contribution is -0.142. The molecule has 11 heteroatoms. The number of hydrogen-bond acceptors (Lipinski definition) is 7. The van der Waals surface area contributed by atoms with Crippen LogP contribution in [0.3, 0.4) is 0 Å². The maximum atomic E-state index is 13.1. The lowest BCUT2D eigenvalue weighted by Gasteiger charge is -2.30. The molecule has 1 amide bonds. The van der Waals surface area contributed by atoms with Crippen molar-refractivity contribution in [2.24, 2.45) is 11.8 Å². The van der Waals surface area contributed by atoms with E-state index in [1.54, 1.807) is 16.8 Å². The van der Waals surface area contributed by atoms with Gasteiger partial charge in [0.15, 0.2) is 12.4 Å².